The van der Waals surface area contributed by atoms with Crippen LogP contribution < -0.4 is 26.2 Å². The van der Waals surface area contributed by atoms with Crippen molar-refractivity contribution in [1.82, 2.24) is 39.9 Å². The minimum absolute atomic E-state index is 0.00325. The number of ether oxygens (including phenoxy) is 1. The molecule has 392 valence electrons. The van der Waals surface area contributed by atoms with Crippen molar-refractivity contribution in [2.45, 2.75) is 69.1 Å². The van der Waals surface area contributed by atoms with Crippen LogP contribution in [-0.2, 0) is 35.8 Å². The molecule has 21 heteroatoms. The van der Waals surface area contributed by atoms with Gasteiger partial charge in [-0.2, -0.15) is 0 Å². The molecule has 0 spiro atoms. The summed E-state index contributed by atoms with van der Waals surface area (Å²) in [5, 5.41) is 11.5. The number of nitrogens with one attached hydrogen (secondary N) is 4. The van der Waals surface area contributed by atoms with Gasteiger partial charge in [-0.3, -0.25) is 58.0 Å². The molecule has 1 aromatic heterocycles. The average molecular weight is 1050 g/mol. The van der Waals surface area contributed by atoms with Crippen molar-refractivity contribution in [3.63, 3.8) is 0 Å². The van der Waals surface area contributed by atoms with Crippen LogP contribution in [0.4, 0.5) is 5.69 Å². The number of unbranched alkanes of at least 4 members (excludes halogenated alkanes) is 1. The number of nitrogens with zero attached hydrogens (tertiary/aromatic N) is 5. The fourth-order valence-corrected chi connectivity index (χ4v) is 12.0. The summed E-state index contributed by atoms with van der Waals surface area (Å²) in [5.74, 6) is -2.29. The molecule has 74 heavy (non-hydrogen) atoms. The molecule has 4 atom stereocenters. The SMILES string of the molecule is CS(=O)(=O)n1ccc(C(=O)NC[C@@H](COCc2ccc(C(=O)N3CCC(CCCCN4CCN(c5ccc6c(c5)C(=O)N(C5CCC(=O)NC5=O)C6=O)CC4)CC3)cc2)C(=O)NC2NC(c3ccccc3)CS2)c1. The number of piperidine rings is 2. The number of imide groups is 2. The van der Waals surface area contributed by atoms with Crippen LogP contribution in [0.25, 0.3) is 0 Å². The van der Waals surface area contributed by atoms with E-state index in [-0.39, 0.29) is 67.1 Å². The minimum Gasteiger partial charge on any atom is -0.376 e. The fraction of sp³-hybridized carbons (Fsp3) is 0.453. The Bertz CT molecular complexity index is 2850. The highest BCUT2D eigenvalue weighted by Crippen LogP contribution is 2.32. The van der Waals surface area contributed by atoms with E-state index in [1.54, 1.807) is 36.0 Å². The number of carbonyl (C=O) groups excluding carboxylic acids is 7. The molecule has 6 heterocycles. The minimum atomic E-state index is -3.57. The molecule has 5 aliphatic heterocycles. The molecule has 0 bridgehead atoms. The lowest BCUT2D eigenvalue weighted by atomic mass is 9.91. The van der Waals surface area contributed by atoms with Crippen LogP contribution >= 0.6 is 11.8 Å². The largest absolute Gasteiger partial charge is 0.376 e. The van der Waals surface area contributed by atoms with Crippen LogP contribution in [0.2, 0.25) is 0 Å². The first-order valence-corrected chi connectivity index (χ1v) is 28.3. The van der Waals surface area contributed by atoms with Crippen molar-refractivity contribution in [1.29, 1.82) is 0 Å². The first kappa shape index (κ1) is 52.5. The zero-order valence-corrected chi connectivity index (χ0v) is 43.0. The molecule has 4 saturated heterocycles. The molecule has 0 radical (unpaired) electrons. The summed E-state index contributed by atoms with van der Waals surface area (Å²) >= 11 is 1.58. The summed E-state index contributed by atoms with van der Waals surface area (Å²) in [5.41, 5.74) is 3.78. The molecule has 4 fully saturated rings. The Morgan fingerprint density at radius 2 is 1.58 bits per heavy atom. The van der Waals surface area contributed by atoms with E-state index in [9.17, 15) is 42.0 Å². The van der Waals surface area contributed by atoms with E-state index in [1.165, 1.54) is 18.5 Å². The Morgan fingerprint density at radius 1 is 0.838 bits per heavy atom. The Hall–Kier alpha value is -6.39. The van der Waals surface area contributed by atoms with Gasteiger partial charge in [-0.05, 0) is 85.7 Å². The topological polar surface area (TPSA) is 229 Å². The summed E-state index contributed by atoms with van der Waals surface area (Å²) < 4.78 is 30.9. The molecular formula is C53H63N9O10S2. The molecule has 3 unspecified atom stereocenters. The molecule has 9 rings (SSSR count). The van der Waals surface area contributed by atoms with Crippen LogP contribution in [0.5, 0.6) is 0 Å². The molecule has 5 aliphatic rings. The molecule has 0 saturated carbocycles. The van der Waals surface area contributed by atoms with Gasteiger partial charge in [-0.15, -0.1) is 11.8 Å². The van der Waals surface area contributed by atoms with Crippen molar-refractivity contribution >= 4 is 68.8 Å². The number of amides is 7. The molecular weight excluding hydrogens is 987 g/mol. The Labute approximate surface area is 435 Å². The van der Waals surface area contributed by atoms with Crippen molar-refractivity contribution in [2.75, 3.05) is 75.9 Å². The standard InChI is InChI=1S/C53H63N9O10S2/c1-74(70,71)61-24-20-39(31-61)47(64)54-30-40(48(65)57-53-55-44(34-73-53)37-8-3-2-4-9-37)33-72-32-36-10-12-38(13-11-36)50(67)60-22-18-35(19-23-60)7-5-6-21-58-25-27-59(28-26-58)41-14-15-42-43(29-41)52(69)62(51(42)68)45-16-17-46(63)56-49(45)66/h2-4,8-15,20,24,29,31,35,40,44-45,53,55H,5-7,16-19,21-23,25-28,30,32-34H2,1H3,(H,54,64)(H,57,65)(H,56,63,66)/t40-,44?,45?,53?/m0/s1. The van der Waals surface area contributed by atoms with Gasteiger partial charge in [0.1, 0.15) is 11.5 Å². The maximum Gasteiger partial charge on any atom is 0.262 e. The number of hydrogen-bond acceptors (Lipinski definition) is 14. The van der Waals surface area contributed by atoms with E-state index < -0.39 is 51.5 Å². The van der Waals surface area contributed by atoms with Gasteiger partial charge in [0, 0.05) is 87.7 Å². The highest BCUT2D eigenvalue weighted by Gasteiger charge is 2.45. The highest BCUT2D eigenvalue weighted by molar-refractivity contribution is 8.00. The summed E-state index contributed by atoms with van der Waals surface area (Å²) in [4.78, 5) is 98.4. The number of aromatic nitrogens is 1. The number of carbonyl (C=O) groups is 7. The maximum absolute atomic E-state index is 13.7. The van der Waals surface area contributed by atoms with E-state index in [4.69, 9.17) is 4.74 Å². The number of piperazine rings is 1. The molecule has 4 N–H and O–H groups in total. The number of fused-ring (bicyclic) bond motifs is 1. The van der Waals surface area contributed by atoms with Crippen LogP contribution in [-0.4, -0.2) is 151 Å². The zero-order chi connectivity index (χ0) is 51.9. The molecule has 4 aromatic rings. The predicted molar refractivity (Wildman–Crippen MR) is 278 cm³/mol. The predicted octanol–water partition coefficient (Wildman–Crippen LogP) is 3.58. The molecule has 0 aliphatic carbocycles. The van der Waals surface area contributed by atoms with Crippen LogP contribution in [0.3, 0.4) is 0 Å². The van der Waals surface area contributed by atoms with Crippen molar-refractivity contribution < 1.29 is 46.7 Å². The van der Waals surface area contributed by atoms with E-state index in [0.29, 0.717) is 30.1 Å². The monoisotopic (exact) mass is 1050 g/mol. The van der Waals surface area contributed by atoms with E-state index in [0.717, 1.165) is 103 Å². The number of hydrogen-bond donors (Lipinski definition) is 4. The van der Waals surface area contributed by atoms with Gasteiger partial charge in [0.2, 0.25) is 27.7 Å². The lowest BCUT2D eigenvalue weighted by molar-refractivity contribution is -0.136. The third-order valence-electron chi connectivity index (χ3n) is 14.6. The third-order valence-corrected chi connectivity index (χ3v) is 16.7. The molecule has 7 amide bonds. The lowest BCUT2D eigenvalue weighted by Gasteiger charge is -2.36. The zero-order valence-electron chi connectivity index (χ0n) is 41.4. The van der Waals surface area contributed by atoms with E-state index >= 15 is 0 Å². The average Bonchev–Trinajstić information content (AvgIpc) is 4.16. The van der Waals surface area contributed by atoms with Gasteiger partial charge in [-0.1, -0.05) is 55.3 Å². The van der Waals surface area contributed by atoms with Crippen molar-refractivity contribution in [3.8, 4) is 0 Å². The Kier molecular flexibility index (Phi) is 16.6. The van der Waals surface area contributed by atoms with Crippen molar-refractivity contribution in [2.24, 2.45) is 11.8 Å². The molecule has 3 aromatic carbocycles. The Morgan fingerprint density at radius 3 is 2.30 bits per heavy atom. The van der Waals surface area contributed by atoms with Gasteiger partial charge < -0.3 is 25.2 Å². The van der Waals surface area contributed by atoms with Gasteiger partial charge in [0.15, 0.2) is 0 Å². The molecule has 19 nitrogen and oxygen atoms in total. The lowest BCUT2D eigenvalue weighted by Crippen LogP contribution is -2.54. The van der Waals surface area contributed by atoms with E-state index in [1.807, 2.05) is 53.4 Å². The van der Waals surface area contributed by atoms with Gasteiger partial charge in [0.25, 0.3) is 23.6 Å². The van der Waals surface area contributed by atoms with Gasteiger partial charge in [-0.25, -0.2) is 8.42 Å². The second kappa shape index (κ2) is 23.4. The number of rotatable bonds is 19. The highest BCUT2D eigenvalue weighted by atomic mass is 32.2. The van der Waals surface area contributed by atoms with Crippen molar-refractivity contribution in [3.05, 3.63) is 125 Å². The van der Waals surface area contributed by atoms with Gasteiger partial charge in [0.05, 0.1) is 42.1 Å². The second-order valence-electron chi connectivity index (χ2n) is 19.7. The van der Waals surface area contributed by atoms with E-state index in [2.05, 4.69) is 31.1 Å². The maximum atomic E-state index is 13.7. The van der Waals surface area contributed by atoms with Crippen LogP contribution in [0.1, 0.15) is 104 Å². The normalized spacial score (nSPS) is 21.1. The number of anilines is 1. The van der Waals surface area contributed by atoms with Crippen LogP contribution in [0.15, 0.2) is 91.3 Å². The Balaban J connectivity index is 0.678. The van der Waals surface area contributed by atoms with Crippen LogP contribution in [0, 0.1) is 11.8 Å². The summed E-state index contributed by atoms with van der Waals surface area (Å²) in [6.07, 6.45) is 9.00. The summed E-state index contributed by atoms with van der Waals surface area (Å²) in [6, 6.07) is 23.1. The summed E-state index contributed by atoms with van der Waals surface area (Å²) in [6.45, 7) is 5.86. The number of benzene rings is 3. The van der Waals surface area contributed by atoms with Gasteiger partial charge >= 0.3 is 0 Å². The number of likely N-dealkylation sites (tertiary alicyclic amines) is 1. The smallest absolute Gasteiger partial charge is 0.262 e. The fourth-order valence-electron chi connectivity index (χ4n) is 10.3. The summed E-state index contributed by atoms with van der Waals surface area (Å²) in [7, 11) is -3.57. The second-order valence-corrected chi connectivity index (χ2v) is 22.7. The first-order valence-electron chi connectivity index (χ1n) is 25.4. The quantitative estimate of drug-likeness (QED) is 0.0778. The first-order chi connectivity index (χ1) is 35.7. The number of thioether (sulfide) groups is 1. The third kappa shape index (κ3) is 12.6.